The summed E-state index contributed by atoms with van der Waals surface area (Å²) in [6.45, 7) is 2.90. The molecule has 0 saturated carbocycles. The Kier molecular flexibility index (Phi) is 5.70. The first-order chi connectivity index (χ1) is 11.8. The lowest BCUT2D eigenvalue weighted by atomic mass is 10.3. The molecule has 24 heavy (non-hydrogen) atoms. The van der Waals surface area contributed by atoms with Crippen LogP contribution in [0.5, 0.6) is 0 Å². The Balaban J connectivity index is 1.51. The van der Waals surface area contributed by atoms with Gasteiger partial charge in [0.2, 0.25) is 0 Å². The molecular weight excluding hydrogens is 348 g/mol. The van der Waals surface area contributed by atoms with Gasteiger partial charge in [-0.25, -0.2) is 14.6 Å². The minimum absolute atomic E-state index is 0.0771. The number of thiophene rings is 1. The highest BCUT2D eigenvalue weighted by atomic mass is 32.2. The molecule has 0 atom stereocenters. The summed E-state index contributed by atoms with van der Waals surface area (Å²) < 4.78 is 6.93. The van der Waals surface area contributed by atoms with Crippen molar-refractivity contribution in [2.24, 2.45) is 0 Å². The summed E-state index contributed by atoms with van der Waals surface area (Å²) in [5, 5.41) is 15.1. The standard InChI is InChI=1S/C14H16N6O2S2/c1-2-3-5-20-11(17-18-19-20)7-22-12(21)8-24-14-10-4-6-23-13(10)15-9-16-14/h4,6,9H,2-3,5,7-8H2,1H3. The van der Waals surface area contributed by atoms with Crippen LogP contribution in [0.3, 0.4) is 0 Å². The highest BCUT2D eigenvalue weighted by Gasteiger charge is 2.12. The zero-order valence-corrected chi connectivity index (χ0v) is 14.7. The Morgan fingerprint density at radius 2 is 2.33 bits per heavy atom. The molecule has 0 fully saturated rings. The number of aromatic nitrogens is 6. The van der Waals surface area contributed by atoms with E-state index in [2.05, 4.69) is 32.4 Å². The highest BCUT2D eigenvalue weighted by molar-refractivity contribution is 8.00. The highest BCUT2D eigenvalue weighted by Crippen LogP contribution is 2.27. The Morgan fingerprint density at radius 3 is 3.21 bits per heavy atom. The molecule has 3 heterocycles. The molecule has 126 valence electrons. The first-order valence-corrected chi connectivity index (χ1v) is 9.36. The molecular formula is C14H16N6O2S2. The van der Waals surface area contributed by atoms with Gasteiger partial charge < -0.3 is 4.74 Å². The SMILES string of the molecule is CCCCn1nnnc1COC(=O)CSc1ncnc2sccc12. The number of tetrazole rings is 1. The Bertz CT molecular complexity index is 818. The van der Waals surface area contributed by atoms with Gasteiger partial charge in [0, 0.05) is 11.9 Å². The molecule has 3 aromatic heterocycles. The third kappa shape index (κ3) is 4.06. The van der Waals surface area contributed by atoms with Gasteiger partial charge in [0.1, 0.15) is 16.2 Å². The second-order valence-electron chi connectivity index (χ2n) is 4.94. The average molecular weight is 364 g/mol. The van der Waals surface area contributed by atoms with Gasteiger partial charge in [0.15, 0.2) is 12.4 Å². The monoisotopic (exact) mass is 364 g/mol. The maximum absolute atomic E-state index is 11.9. The van der Waals surface area contributed by atoms with Crippen LogP contribution in [0.1, 0.15) is 25.6 Å². The van der Waals surface area contributed by atoms with E-state index < -0.39 is 0 Å². The van der Waals surface area contributed by atoms with Crippen molar-refractivity contribution in [2.75, 3.05) is 5.75 Å². The molecule has 0 radical (unpaired) electrons. The van der Waals surface area contributed by atoms with Crippen LogP contribution in [-0.4, -0.2) is 41.9 Å². The molecule has 0 aliphatic carbocycles. The molecule has 3 rings (SSSR count). The summed E-state index contributed by atoms with van der Waals surface area (Å²) in [6, 6.07) is 1.95. The van der Waals surface area contributed by atoms with Crippen molar-refractivity contribution < 1.29 is 9.53 Å². The number of esters is 1. The number of unbranched alkanes of at least 4 members (excludes halogenated alkanes) is 1. The summed E-state index contributed by atoms with van der Waals surface area (Å²) in [5.74, 6) is 0.412. The van der Waals surface area contributed by atoms with Gasteiger partial charge >= 0.3 is 5.97 Å². The number of aryl methyl sites for hydroxylation is 1. The number of carbonyl (C=O) groups excluding carboxylic acids is 1. The zero-order chi connectivity index (χ0) is 16.8. The number of thioether (sulfide) groups is 1. The van der Waals surface area contributed by atoms with Crippen LogP contribution >= 0.6 is 23.1 Å². The van der Waals surface area contributed by atoms with Crippen LogP contribution < -0.4 is 0 Å². The fourth-order valence-corrected chi connectivity index (χ4v) is 3.58. The van der Waals surface area contributed by atoms with Gasteiger partial charge in [-0.2, -0.15) is 0 Å². The number of fused-ring (bicyclic) bond motifs is 1. The first-order valence-electron chi connectivity index (χ1n) is 7.49. The van der Waals surface area contributed by atoms with E-state index in [0.29, 0.717) is 5.82 Å². The van der Waals surface area contributed by atoms with E-state index in [4.69, 9.17) is 4.74 Å². The van der Waals surface area contributed by atoms with Crippen molar-refractivity contribution in [3.63, 3.8) is 0 Å². The summed E-state index contributed by atoms with van der Waals surface area (Å²) in [7, 11) is 0. The predicted octanol–water partition coefficient (Wildman–Crippen LogP) is 2.31. The van der Waals surface area contributed by atoms with Crippen molar-refractivity contribution in [1.29, 1.82) is 0 Å². The van der Waals surface area contributed by atoms with Crippen LogP contribution in [0.25, 0.3) is 10.2 Å². The third-order valence-corrected chi connectivity index (χ3v) is 5.04. The van der Waals surface area contributed by atoms with Crippen LogP contribution in [0.4, 0.5) is 0 Å². The Morgan fingerprint density at radius 1 is 1.42 bits per heavy atom. The van der Waals surface area contributed by atoms with E-state index in [-0.39, 0.29) is 18.3 Å². The molecule has 0 saturated heterocycles. The van der Waals surface area contributed by atoms with Crippen molar-refractivity contribution >= 4 is 39.3 Å². The smallest absolute Gasteiger partial charge is 0.316 e. The molecule has 0 unspecified atom stereocenters. The Hall–Kier alpha value is -2.07. The predicted molar refractivity (Wildman–Crippen MR) is 90.7 cm³/mol. The van der Waals surface area contributed by atoms with Crippen LogP contribution in [-0.2, 0) is 22.7 Å². The van der Waals surface area contributed by atoms with E-state index >= 15 is 0 Å². The van der Waals surface area contributed by atoms with Gasteiger partial charge in [-0.15, -0.1) is 16.4 Å². The van der Waals surface area contributed by atoms with Crippen LogP contribution in [0, 0.1) is 0 Å². The molecule has 0 aliphatic heterocycles. The third-order valence-electron chi connectivity index (χ3n) is 3.24. The van der Waals surface area contributed by atoms with Crippen molar-refractivity contribution in [2.45, 2.75) is 37.9 Å². The number of carbonyl (C=O) groups is 1. The molecule has 0 N–H and O–H groups in total. The van der Waals surface area contributed by atoms with E-state index in [1.54, 1.807) is 16.0 Å². The lowest BCUT2D eigenvalue weighted by Gasteiger charge is -2.05. The quantitative estimate of drug-likeness (QED) is 0.341. The number of hydrogen-bond donors (Lipinski definition) is 0. The zero-order valence-electron chi connectivity index (χ0n) is 13.1. The van der Waals surface area contributed by atoms with E-state index in [1.165, 1.54) is 18.1 Å². The average Bonchev–Trinajstić information content (AvgIpc) is 3.25. The second-order valence-corrected chi connectivity index (χ2v) is 6.80. The van der Waals surface area contributed by atoms with Gasteiger partial charge in [-0.3, -0.25) is 4.79 Å². The number of nitrogens with zero attached hydrogens (tertiary/aromatic N) is 6. The molecule has 3 aromatic rings. The lowest BCUT2D eigenvalue weighted by molar-refractivity contribution is -0.142. The van der Waals surface area contributed by atoms with Gasteiger partial charge in [0.25, 0.3) is 0 Å². The number of rotatable bonds is 8. The van der Waals surface area contributed by atoms with Crippen molar-refractivity contribution in [3.8, 4) is 0 Å². The minimum atomic E-state index is -0.327. The van der Waals surface area contributed by atoms with Gasteiger partial charge in [-0.1, -0.05) is 25.1 Å². The fraction of sp³-hybridized carbons (Fsp3) is 0.429. The summed E-state index contributed by atoms with van der Waals surface area (Å²) in [4.78, 5) is 21.3. The molecule has 0 aromatic carbocycles. The molecule has 8 nitrogen and oxygen atoms in total. The van der Waals surface area contributed by atoms with Crippen LogP contribution in [0.2, 0.25) is 0 Å². The molecule has 0 aliphatic rings. The van der Waals surface area contributed by atoms with Gasteiger partial charge in [0.05, 0.1) is 5.75 Å². The summed E-state index contributed by atoms with van der Waals surface area (Å²) >= 11 is 2.89. The minimum Gasteiger partial charge on any atom is -0.457 e. The number of hydrogen-bond acceptors (Lipinski definition) is 9. The van der Waals surface area contributed by atoms with Crippen molar-refractivity contribution in [1.82, 2.24) is 30.2 Å². The topological polar surface area (TPSA) is 95.7 Å². The molecule has 0 bridgehead atoms. The summed E-state index contributed by atoms with van der Waals surface area (Å²) in [5.41, 5.74) is 0. The van der Waals surface area contributed by atoms with Gasteiger partial charge in [-0.05, 0) is 28.3 Å². The van der Waals surface area contributed by atoms with E-state index in [9.17, 15) is 4.79 Å². The Labute approximate surface area is 146 Å². The molecule has 0 spiro atoms. The largest absolute Gasteiger partial charge is 0.457 e. The summed E-state index contributed by atoms with van der Waals surface area (Å²) in [6.07, 6.45) is 3.53. The first kappa shape index (κ1) is 16.8. The maximum Gasteiger partial charge on any atom is 0.316 e. The normalized spacial score (nSPS) is 11.0. The second kappa shape index (κ2) is 8.15. The fourth-order valence-electron chi connectivity index (χ4n) is 2.00. The molecule has 0 amide bonds. The maximum atomic E-state index is 11.9. The van der Waals surface area contributed by atoms with Crippen LogP contribution in [0.15, 0.2) is 22.8 Å². The molecule has 10 heteroatoms. The lowest BCUT2D eigenvalue weighted by Crippen LogP contribution is -2.12. The number of ether oxygens (including phenoxy) is 1. The van der Waals surface area contributed by atoms with Crippen molar-refractivity contribution in [3.05, 3.63) is 23.6 Å². The van der Waals surface area contributed by atoms with E-state index in [0.717, 1.165) is 34.6 Å². The van der Waals surface area contributed by atoms with E-state index in [1.807, 2.05) is 11.4 Å².